The summed E-state index contributed by atoms with van der Waals surface area (Å²) in [7, 11) is 0. The van der Waals surface area contributed by atoms with Crippen molar-refractivity contribution in [2.45, 2.75) is 128 Å². The van der Waals surface area contributed by atoms with E-state index in [0.717, 1.165) is 58.5 Å². The van der Waals surface area contributed by atoms with Crippen LogP contribution in [0.4, 0.5) is 13.2 Å². The van der Waals surface area contributed by atoms with Crippen LogP contribution in [0.1, 0.15) is 62.4 Å². The third kappa shape index (κ3) is 14.8. The van der Waals surface area contributed by atoms with Crippen molar-refractivity contribution in [3.05, 3.63) is 143 Å². The molecular formula is C51H54F3NO15. The van der Waals surface area contributed by atoms with Gasteiger partial charge < -0.3 is 47.4 Å². The molecule has 0 radical (unpaired) electrons. The predicted octanol–water partition coefficient (Wildman–Crippen LogP) is 6.66. The molecule has 2 unspecified atom stereocenters. The molecule has 2 fully saturated rings. The zero-order valence-corrected chi connectivity index (χ0v) is 38.9. The van der Waals surface area contributed by atoms with Crippen molar-refractivity contribution in [1.82, 2.24) is 0 Å². The van der Waals surface area contributed by atoms with Crippen LogP contribution in [0.25, 0.3) is 0 Å². The number of alkyl halides is 3. The molecule has 1 heterocycles. The summed E-state index contributed by atoms with van der Waals surface area (Å²) in [6, 6.07) is 29.9. The smallest absolute Gasteiger partial charge is 0.417 e. The molecule has 70 heavy (non-hydrogen) atoms. The number of halogens is 3. The van der Waals surface area contributed by atoms with Gasteiger partial charge in [0.2, 0.25) is 0 Å². The first kappa shape index (κ1) is 52.9. The van der Waals surface area contributed by atoms with E-state index in [4.69, 9.17) is 47.4 Å². The van der Waals surface area contributed by atoms with E-state index in [1.54, 1.807) is 48.5 Å². The molecule has 4 aromatic carbocycles. The van der Waals surface area contributed by atoms with Gasteiger partial charge in [-0.1, -0.05) is 109 Å². The number of hydrogen-bond donors (Lipinski definition) is 0. The summed E-state index contributed by atoms with van der Waals surface area (Å²) in [6.07, 6.45) is -19.4. The van der Waals surface area contributed by atoms with E-state index >= 15 is 0 Å². The summed E-state index contributed by atoms with van der Waals surface area (Å²) in [4.78, 5) is 69.0. The standard InChI is InChI=1S/C51H54F3NO15/c1-30(56)61-29-40-42(65-31(2)57)43(66-32(3)58)41(55-25-38-23-15-16-24-39(38)51(52,53)54)50(69-40)70-49-47(67-33(4)59)45(63-27-36-19-11-7-12-20-36)44(62-26-35-17-9-6-10-18-35)46(48(49)68-34(5)60)64-28-37-21-13-8-14-22-37/h6-25,40-50H,26-29H2,1-5H3/t40-,41-,42+,43-,44?,45-,46+,47+,48+,49?,50-/m1/s1. The van der Waals surface area contributed by atoms with Crippen LogP contribution in [0.2, 0.25) is 0 Å². The van der Waals surface area contributed by atoms with Crippen LogP contribution in [0, 0.1) is 0 Å². The second kappa shape index (κ2) is 24.9. The molecule has 0 bridgehead atoms. The van der Waals surface area contributed by atoms with Gasteiger partial charge in [0.05, 0.1) is 25.4 Å². The third-order valence-electron chi connectivity index (χ3n) is 11.0. The predicted molar refractivity (Wildman–Crippen MR) is 240 cm³/mol. The fourth-order valence-corrected chi connectivity index (χ4v) is 8.14. The van der Waals surface area contributed by atoms with Gasteiger partial charge in [-0.15, -0.1) is 0 Å². The van der Waals surface area contributed by atoms with Crippen LogP contribution >= 0.6 is 0 Å². The van der Waals surface area contributed by atoms with Gasteiger partial charge >= 0.3 is 36.0 Å². The summed E-state index contributed by atoms with van der Waals surface area (Å²) >= 11 is 0. The topological polar surface area (TPSA) is 190 Å². The molecule has 0 spiro atoms. The van der Waals surface area contributed by atoms with Crippen molar-refractivity contribution in [1.29, 1.82) is 0 Å². The Hall–Kier alpha value is -6.51. The molecular weight excluding hydrogens is 924 g/mol. The molecule has 11 atom stereocenters. The number of rotatable bonds is 19. The minimum absolute atomic E-state index is 0.0334. The second-order valence-electron chi connectivity index (χ2n) is 16.4. The first-order chi connectivity index (χ1) is 33.5. The summed E-state index contributed by atoms with van der Waals surface area (Å²) in [5.74, 6) is -4.32. The molecule has 2 aliphatic rings. The van der Waals surface area contributed by atoms with Crippen LogP contribution in [-0.2, 0) is 97.3 Å². The van der Waals surface area contributed by atoms with Crippen LogP contribution in [0.5, 0.6) is 0 Å². The van der Waals surface area contributed by atoms with Gasteiger partial charge in [-0.05, 0) is 22.8 Å². The largest absolute Gasteiger partial charge is 0.463 e. The highest BCUT2D eigenvalue weighted by Gasteiger charge is 2.60. The summed E-state index contributed by atoms with van der Waals surface area (Å²) in [5.41, 5.74) is 0.642. The van der Waals surface area contributed by atoms with E-state index in [1.165, 1.54) is 12.1 Å². The van der Waals surface area contributed by atoms with E-state index in [-0.39, 0.29) is 19.8 Å². The summed E-state index contributed by atoms with van der Waals surface area (Å²) in [6.45, 7) is 4.60. The molecule has 1 aliphatic carbocycles. The lowest BCUT2D eigenvalue weighted by molar-refractivity contribution is -0.329. The lowest BCUT2D eigenvalue weighted by atomic mass is 9.83. The van der Waals surface area contributed by atoms with Gasteiger partial charge in [-0.3, -0.25) is 29.0 Å². The monoisotopic (exact) mass is 977 g/mol. The maximum atomic E-state index is 14.4. The molecule has 4 aromatic rings. The zero-order valence-electron chi connectivity index (χ0n) is 38.9. The number of hydrogen-bond acceptors (Lipinski definition) is 16. The molecule has 374 valence electrons. The molecule has 1 saturated heterocycles. The van der Waals surface area contributed by atoms with Gasteiger partial charge in [0, 0.05) is 46.4 Å². The Morgan fingerprint density at radius 3 is 1.34 bits per heavy atom. The molecule has 0 N–H and O–H groups in total. The van der Waals surface area contributed by atoms with Crippen molar-refractivity contribution in [3.8, 4) is 0 Å². The fraction of sp³-hybridized carbons (Fsp3) is 0.412. The normalized spacial score (nSPS) is 25.6. The highest BCUT2D eigenvalue weighted by atomic mass is 19.4. The van der Waals surface area contributed by atoms with Crippen LogP contribution in [0.15, 0.2) is 120 Å². The van der Waals surface area contributed by atoms with Gasteiger partial charge in [-0.2, -0.15) is 13.2 Å². The number of nitrogens with zero attached hydrogens (tertiary/aromatic N) is 1. The molecule has 0 aromatic heterocycles. The molecule has 1 aliphatic heterocycles. The Morgan fingerprint density at radius 2 is 0.914 bits per heavy atom. The number of carbonyl (C=O) groups excluding carboxylic acids is 5. The van der Waals surface area contributed by atoms with Gasteiger partial charge in [0.1, 0.15) is 43.2 Å². The first-order valence-corrected chi connectivity index (χ1v) is 22.3. The minimum atomic E-state index is -4.84. The number of esters is 5. The van der Waals surface area contributed by atoms with Crippen molar-refractivity contribution in [2.24, 2.45) is 4.99 Å². The molecule has 19 heteroatoms. The lowest BCUT2D eigenvalue weighted by Gasteiger charge is -2.51. The Balaban J connectivity index is 1.55. The number of benzene rings is 4. The van der Waals surface area contributed by atoms with E-state index in [1.807, 2.05) is 42.5 Å². The average Bonchev–Trinajstić information content (AvgIpc) is 3.31. The maximum Gasteiger partial charge on any atom is 0.417 e. The molecule has 16 nitrogen and oxygen atoms in total. The van der Waals surface area contributed by atoms with Crippen molar-refractivity contribution >= 4 is 36.1 Å². The SMILES string of the molecule is CC(=O)OC[C@H]1O[C@H](OC2[C@@H](OC(C)=O)[C@H](OCc3ccccc3)C(OCc3ccccc3)[C@H](OCc3ccccc3)[C@@H]2OC(C)=O)[C@H](N=Cc2ccccc2C(F)(F)F)[C@@H](OC(C)=O)[C@H]1OC(C)=O. The van der Waals surface area contributed by atoms with E-state index in [0.29, 0.717) is 11.1 Å². The first-order valence-electron chi connectivity index (χ1n) is 22.3. The minimum Gasteiger partial charge on any atom is -0.463 e. The molecule has 1 saturated carbocycles. The molecule has 6 rings (SSSR count). The fourth-order valence-electron chi connectivity index (χ4n) is 8.14. The van der Waals surface area contributed by atoms with Crippen molar-refractivity contribution in [3.63, 3.8) is 0 Å². The summed E-state index contributed by atoms with van der Waals surface area (Å²) < 4.78 is 105. The lowest BCUT2D eigenvalue weighted by Crippen LogP contribution is -2.70. The number of ether oxygens (including phenoxy) is 10. The van der Waals surface area contributed by atoms with Crippen molar-refractivity contribution < 1.29 is 84.5 Å². The van der Waals surface area contributed by atoms with E-state index in [9.17, 15) is 37.1 Å². The number of aliphatic imine (C=N–C) groups is 1. The second-order valence-corrected chi connectivity index (χ2v) is 16.4. The highest BCUT2D eigenvalue weighted by molar-refractivity contribution is 5.82. The van der Waals surface area contributed by atoms with Crippen molar-refractivity contribution in [2.75, 3.05) is 6.61 Å². The maximum absolute atomic E-state index is 14.4. The van der Waals surface area contributed by atoms with Crippen LogP contribution < -0.4 is 0 Å². The Bertz CT molecular complexity index is 2320. The third-order valence-corrected chi connectivity index (χ3v) is 11.0. The van der Waals surface area contributed by atoms with Crippen LogP contribution in [-0.4, -0.2) is 110 Å². The quantitative estimate of drug-likeness (QED) is 0.0550. The Kier molecular flexibility index (Phi) is 18.8. The number of carbonyl (C=O) groups is 5. The molecule has 0 amide bonds. The van der Waals surface area contributed by atoms with Gasteiger partial charge in [0.15, 0.2) is 30.7 Å². The Labute approximate surface area is 402 Å². The highest BCUT2D eigenvalue weighted by Crippen LogP contribution is 2.39. The summed E-state index contributed by atoms with van der Waals surface area (Å²) in [5, 5.41) is 0. The van der Waals surface area contributed by atoms with E-state index in [2.05, 4.69) is 4.99 Å². The van der Waals surface area contributed by atoms with E-state index < -0.39 is 121 Å². The average molecular weight is 978 g/mol. The zero-order chi connectivity index (χ0) is 50.4. The van der Waals surface area contributed by atoms with Gasteiger partial charge in [-0.25, -0.2) is 0 Å². The van der Waals surface area contributed by atoms with Gasteiger partial charge in [0.25, 0.3) is 0 Å². The van der Waals surface area contributed by atoms with Crippen LogP contribution in [0.3, 0.4) is 0 Å². The Morgan fingerprint density at radius 1 is 0.514 bits per heavy atom.